The fourth-order valence-corrected chi connectivity index (χ4v) is 5.81. The standard InChI is InChI=1S/C28H54O2.C16H30O3/c1-3-5-7-9-11-13-14-15-16-17-18-19-20-22-24-26-28(29)30-27-25-23-21-12-10-8-6-4-2;1-3-5-7-9-11-13-15(17)19-16(18)14-12-10-8-6-4-2/h15-16H,3-14,17-27H2,1-2H3;3-14H2,1-2H3/b16-15-;. The zero-order valence-corrected chi connectivity index (χ0v) is 33.4. The molecule has 0 rings (SSSR count). The Bertz CT molecular complexity index is 692. The maximum absolute atomic E-state index is 11.8. The second-order valence-electron chi connectivity index (χ2n) is 14.2. The van der Waals surface area contributed by atoms with E-state index in [1.54, 1.807) is 0 Å². The Labute approximate surface area is 305 Å². The van der Waals surface area contributed by atoms with Crippen LogP contribution in [0.1, 0.15) is 246 Å². The number of rotatable bonds is 36. The molecule has 0 heterocycles. The van der Waals surface area contributed by atoms with Crippen molar-refractivity contribution in [3.63, 3.8) is 0 Å². The topological polar surface area (TPSA) is 69.7 Å². The lowest BCUT2D eigenvalue weighted by atomic mass is 10.1. The summed E-state index contributed by atoms with van der Waals surface area (Å²) < 4.78 is 10.1. The summed E-state index contributed by atoms with van der Waals surface area (Å²) in [5.74, 6) is -0.694. The van der Waals surface area contributed by atoms with Gasteiger partial charge in [0, 0.05) is 19.3 Å². The van der Waals surface area contributed by atoms with Crippen molar-refractivity contribution >= 4 is 17.9 Å². The normalized spacial score (nSPS) is 11.0. The molecule has 0 radical (unpaired) electrons. The number of carbonyl (C=O) groups excluding carboxylic acids is 3. The van der Waals surface area contributed by atoms with E-state index < -0.39 is 0 Å². The van der Waals surface area contributed by atoms with Crippen LogP contribution in [-0.4, -0.2) is 24.5 Å². The molecule has 5 nitrogen and oxygen atoms in total. The molecule has 49 heavy (non-hydrogen) atoms. The van der Waals surface area contributed by atoms with Crippen molar-refractivity contribution in [2.24, 2.45) is 0 Å². The summed E-state index contributed by atoms with van der Waals surface area (Å²) in [6.07, 6.45) is 44.1. The van der Waals surface area contributed by atoms with Gasteiger partial charge < -0.3 is 9.47 Å². The molecule has 5 heteroatoms. The second kappa shape index (κ2) is 44.4. The van der Waals surface area contributed by atoms with E-state index in [1.165, 1.54) is 141 Å². The first-order chi connectivity index (χ1) is 24.0. The average Bonchev–Trinajstić information content (AvgIpc) is 3.09. The van der Waals surface area contributed by atoms with Gasteiger partial charge in [-0.1, -0.05) is 188 Å². The Morgan fingerprint density at radius 3 is 1.00 bits per heavy atom. The molecule has 0 saturated heterocycles. The van der Waals surface area contributed by atoms with Crippen LogP contribution in [0, 0.1) is 0 Å². The van der Waals surface area contributed by atoms with Crippen LogP contribution in [-0.2, 0) is 23.9 Å². The van der Waals surface area contributed by atoms with E-state index in [-0.39, 0.29) is 17.9 Å². The first-order valence-corrected chi connectivity index (χ1v) is 21.6. The summed E-state index contributed by atoms with van der Waals surface area (Å²) >= 11 is 0. The minimum Gasteiger partial charge on any atom is -0.466 e. The molecule has 0 atom stereocenters. The highest BCUT2D eigenvalue weighted by Crippen LogP contribution is 2.12. The van der Waals surface area contributed by atoms with Gasteiger partial charge in [0.2, 0.25) is 0 Å². The van der Waals surface area contributed by atoms with E-state index >= 15 is 0 Å². The third kappa shape index (κ3) is 46.3. The van der Waals surface area contributed by atoms with Crippen molar-refractivity contribution in [3.05, 3.63) is 12.2 Å². The minimum absolute atomic E-state index is 0.00979. The Balaban J connectivity index is 0. The summed E-state index contributed by atoms with van der Waals surface area (Å²) in [4.78, 5) is 34.5. The number of carbonyl (C=O) groups is 3. The van der Waals surface area contributed by atoms with Crippen LogP contribution in [0.4, 0.5) is 0 Å². The van der Waals surface area contributed by atoms with Gasteiger partial charge in [-0.15, -0.1) is 0 Å². The lowest BCUT2D eigenvalue weighted by molar-refractivity contribution is -0.159. The third-order valence-corrected chi connectivity index (χ3v) is 9.10. The molecule has 0 aromatic rings. The minimum atomic E-state index is -0.352. The van der Waals surface area contributed by atoms with Crippen molar-refractivity contribution in [2.75, 3.05) is 6.61 Å². The summed E-state index contributed by atoms with van der Waals surface area (Å²) in [6, 6.07) is 0. The van der Waals surface area contributed by atoms with Gasteiger partial charge >= 0.3 is 17.9 Å². The summed E-state index contributed by atoms with van der Waals surface area (Å²) in [5.41, 5.74) is 0. The molecule has 0 aromatic heterocycles. The molecule has 290 valence electrons. The molecule has 0 aliphatic carbocycles. The van der Waals surface area contributed by atoms with E-state index in [0.717, 1.165) is 57.8 Å². The summed E-state index contributed by atoms with van der Waals surface area (Å²) in [6.45, 7) is 9.47. The highest BCUT2D eigenvalue weighted by molar-refractivity contribution is 5.85. The molecule has 0 unspecified atom stereocenters. The zero-order valence-electron chi connectivity index (χ0n) is 33.4. The molecular formula is C44H84O5. The fourth-order valence-electron chi connectivity index (χ4n) is 5.81. The Morgan fingerprint density at radius 1 is 0.347 bits per heavy atom. The predicted octanol–water partition coefficient (Wildman–Crippen LogP) is 14.5. The molecule has 0 N–H and O–H groups in total. The molecular weight excluding hydrogens is 608 g/mol. The number of hydrogen-bond acceptors (Lipinski definition) is 5. The molecule has 0 spiro atoms. The van der Waals surface area contributed by atoms with Crippen LogP contribution in [0.3, 0.4) is 0 Å². The number of unbranched alkanes of at least 4 members (excludes halogenated alkanes) is 26. The van der Waals surface area contributed by atoms with E-state index in [2.05, 4.69) is 39.8 Å². The predicted molar refractivity (Wildman–Crippen MR) is 211 cm³/mol. The molecule has 0 aromatic carbocycles. The monoisotopic (exact) mass is 693 g/mol. The fraction of sp³-hybridized carbons (Fsp3) is 0.886. The van der Waals surface area contributed by atoms with Gasteiger partial charge in [-0.25, -0.2) is 0 Å². The SMILES string of the molecule is CCCCCCCC(=O)OC(=O)CCCCCCC.CCCCCCCC/C=C\CCCCCCCC(=O)OCCCCCCCCCC. The first kappa shape index (κ1) is 49.5. The van der Waals surface area contributed by atoms with Crippen molar-refractivity contribution in [1.82, 2.24) is 0 Å². The van der Waals surface area contributed by atoms with Gasteiger partial charge in [0.15, 0.2) is 0 Å². The van der Waals surface area contributed by atoms with Crippen LogP contribution in [0.5, 0.6) is 0 Å². The highest BCUT2D eigenvalue weighted by atomic mass is 16.6. The van der Waals surface area contributed by atoms with Crippen molar-refractivity contribution in [2.45, 2.75) is 246 Å². The van der Waals surface area contributed by atoms with Gasteiger partial charge in [0.25, 0.3) is 0 Å². The Hall–Kier alpha value is -1.65. The number of esters is 3. The van der Waals surface area contributed by atoms with Gasteiger partial charge in [-0.2, -0.15) is 0 Å². The van der Waals surface area contributed by atoms with Crippen LogP contribution in [0.15, 0.2) is 12.2 Å². The van der Waals surface area contributed by atoms with Crippen molar-refractivity contribution < 1.29 is 23.9 Å². The lowest BCUT2D eigenvalue weighted by Crippen LogP contribution is -2.11. The van der Waals surface area contributed by atoms with Gasteiger partial charge in [-0.05, 0) is 51.4 Å². The van der Waals surface area contributed by atoms with E-state index in [1.807, 2.05) is 0 Å². The van der Waals surface area contributed by atoms with E-state index in [9.17, 15) is 14.4 Å². The average molecular weight is 693 g/mol. The van der Waals surface area contributed by atoms with Crippen LogP contribution < -0.4 is 0 Å². The number of allylic oxidation sites excluding steroid dienone is 2. The van der Waals surface area contributed by atoms with E-state index in [0.29, 0.717) is 25.9 Å². The molecule has 0 bridgehead atoms. The Morgan fingerprint density at radius 2 is 0.633 bits per heavy atom. The number of hydrogen-bond donors (Lipinski definition) is 0. The number of ether oxygens (including phenoxy) is 2. The van der Waals surface area contributed by atoms with Crippen molar-refractivity contribution in [3.8, 4) is 0 Å². The van der Waals surface area contributed by atoms with Gasteiger partial charge in [0.05, 0.1) is 6.61 Å². The quantitative estimate of drug-likeness (QED) is 0.0283. The summed E-state index contributed by atoms with van der Waals surface area (Å²) in [5, 5.41) is 0. The molecule has 0 aliphatic rings. The largest absolute Gasteiger partial charge is 0.466 e. The van der Waals surface area contributed by atoms with Crippen LogP contribution in [0.25, 0.3) is 0 Å². The molecule has 0 aliphatic heterocycles. The molecule has 0 fully saturated rings. The highest BCUT2D eigenvalue weighted by Gasteiger charge is 2.09. The smallest absolute Gasteiger partial charge is 0.313 e. The van der Waals surface area contributed by atoms with Crippen LogP contribution >= 0.6 is 0 Å². The van der Waals surface area contributed by atoms with Crippen LogP contribution in [0.2, 0.25) is 0 Å². The summed E-state index contributed by atoms with van der Waals surface area (Å²) in [7, 11) is 0. The first-order valence-electron chi connectivity index (χ1n) is 21.6. The zero-order chi connectivity index (χ0) is 36.3. The molecule has 0 saturated carbocycles. The Kier molecular flexibility index (Phi) is 44.8. The van der Waals surface area contributed by atoms with Gasteiger partial charge in [-0.3, -0.25) is 14.4 Å². The lowest BCUT2D eigenvalue weighted by Gasteiger charge is -2.05. The third-order valence-electron chi connectivity index (χ3n) is 9.10. The van der Waals surface area contributed by atoms with Crippen molar-refractivity contribution in [1.29, 1.82) is 0 Å². The van der Waals surface area contributed by atoms with Gasteiger partial charge in [0.1, 0.15) is 0 Å². The maximum Gasteiger partial charge on any atom is 0.313 e. The molecule has 0 amide bonds. The maximum atomic E-state index is 11.8. The second-order valence-corrected chi connectivity index (χ2v) is 14.2. The van der Waals surface area contributed by atoms with E-state index in [4.69, 9.17) is 9.47 Å².